The quantitative estimate of drug-likeness (QED) is 0.661. The number of hydrogen-bond acceptors (Lipinski definition) is 6. The van der Waals surface area contributed by atoms with Gasteiger partial charge in [-0.1, -0.05) is 17.4 Å². The van der Waals surface area contributed by atoms with Crippen molar-refractivity contribution >= 4 is 44.4 Å². The summed E-state index contributed by atoms with van der Waals surface area (Å²) in [6, 6.07) is 8.09. The second-order valence-corrected chi connectivity index (χ2v) is 7.78. The maximum absolute atomic E-state index is 12.6. The molecule has 0 spiro atoms. The summed E-state index contributed by atoms with van der Waals surface area (Å²) in [5.74, 6) is 0.0496. The number of thioether (sulfide) groups is 1. The van der Waals surface area contributed by atoms with E-state index >= 15 is 0 Å². The fourth-order valence-electron chi connectivity index (χ4n) is 3.06. The van der Waals surface area contributed by atoms with E-state index in [-0.39, 0.29) is 5.91 Å². The van der Waals surface area contributed by atoms with E-state index in [0.717, 1.165) is 23.7 Å². The molecule has 3 aromatic rings. The Morgan fingerprint density at radius 1 is 1.20 bits per heavy atom. The second-order valence-electron chi connectivity index (χ2n) is 5.92. The molecule has 0 N–H and O–H groups in total. The number of carbonyl (C=O) groups is 1. The van der Waals surface area contributed by atoms with Crippen molar-refractivity contribution in [1.82, 2.24) is 19.7 Å². The van der Waals surface area contributed by atoms with Crippen molar-refractivity contribution in [3.63, 3.8) is 0 Å². The average Bonchev–Trinajstić information content (AvgIpc) is 3.27. The first-order chi connectivity index (χ1) is 12.2. The monoisotopic (exact) mass is 373 g/mol. The first-order valence-corrected chi connectivity index (χ1v) is 10.2. The summed E-state index contributed by atoms with van der Waals surface area (Å²) in [6.45, 7) is 3.01. The van der Waals surface area contributed by atoms with Gasteiger partial charge >= 0.3 is 0 Å². The highest BCUT2D eigenvalue weighted by Gasteiger charge is 2.25. The maximum atomic E-state index is 12.6. The number of hydrogen-bond donors (Lipinski definition) is 0. The minimum atomic E-state index is 0.0496. The molecule has 0 aliphatic carbocycles. The van der Waals surface area contributed by atoms with Gasteiger partial charge in [0.05, 0.1) is 10.2 Å². The number of benzene rings is 1. The summed E-state index contributed by atoms with van der Waals surface area (Å²) in [4.78, 5) is 22.8. The van der Waals surface area contributed by atoms with E-state index in [9.17, 15) is 4.79 Å². The Kier molecular flexibility index (Phi) is 4.39. The first-order valence-electron chi connectivity index (χ1n) is 8.13. The molecule has 1 amide bonds. The van der Waals surface area contributed by atoms with Gasteiger partial charge in [-0.3, -0.25) is 9.48 Å². The summed E-state index contributed by atoms with van der Waals surface area (Å²) in [5.41, 5.74) is 1.72. The van der Waals surface area contributed by atoms with Gasteiger partial charge in [0.1, 0.15) is 5.69 Å². The third kappa shape index (κ3) is 3.00. The molecule has 3 heterocycles. The lowest BCUT2D eigenvalue weighted by molar-refractivity contribution is 0.0735. The van der Waals surface area contributed by atoms with Crippen molar-refractivity contribution in [2.24, 2.45) is 7.05 Å². The van der Waals surface area contributed by atoms with Crippen LogP contribution < -0.4 is 4.90 Å². The number of nitrogens with zero attached hydrogens (tertiary/aromatic N) is 5. The third-order valence-electron chi connectivity index (χ3n) is 4.47. The molecule has 0 bridgehead atoms. The number of anilines is 1. The molecule has 1 aliphatic heterocycles. The Labute approximate surface area is 154 Å². The molecule has 1 aliphatic rings. The Hall–Kier alpha value is -2.06. The van der Waals surface area contributed by atoms with Crippen LogP contribution in [0.25, 0.3) is 10.2 Å². The zero-order valence-electron chi connectivity index (χ0n) is 14.2. The number of thiazole rings is 1. The van der Waals surface area contributed by atoms with Gasteiger partial charge in [0.15, 0.2) is 5.13 Å². The molecule has 1 aromatic carbocycles. The topological polar surface area (TPSA) is 54.3 Å². The Bertz CT molecular complexity index is 911. The molecule has 6 nitrogen and oxygen atoms in total. The van der Waals surface area contributed by atoms with E-state index in [0.29, 0.717) is 18.8 Å². The van der Waals surface area contributed by atoms with Gasteiger partial charge in [0, 0.05) is 44.3 Å². The summed E-state index contributed by atoms with van der Waals surface area (Å²) >= 11 is 3.45. The molecular formula is C17H19N5OS2. The third-order valence-corrected chi connectivity index (χ3v) is 6.32. The van der Waals surface area contributed by atoms with Crippen molar-refractivity contribution < 1.29 is 4.79 Å². The fourth-order valence-corrected chi connectivity index (χ4v) is 4.73. The number of aromatic nitrogens is 3. The van der Waals surface area contributed by atoms with Gasteiger partial charge in [-0.2, -0.15) is 5.10 Å². The normalized spacial score (nSPS) is 15.1. The number of piperazine rings is 1. The maximum Gasteiger partial charge on any atom is 0.272 e. The highest BCUT2D eigenvalue weighted by Crippen LogP contribution is 2.34. The van der Waals surface area contributed by atoms with E-state index in [2.05, 4.69) is 34.5 Å². The average molecular weight is 374 g/mol. The number of para-hydroxylation sites is 1. The van der Waals surface area contributed by atoms with Crippen molar-refractivity contribution in [3.8, 4) is 0 Å². The molecular weight excluding hydrogens is 354 g/mol. The van der Waals surface area contributed by atoms with E-state index < -0.39 is 0 Å². The zero-order valence-corrected chi connectivity index (χ0v) is 15.8. The van der Waals surface area contributed by atoms with Gasteiger partial charge in [0.2, 0.25) is 0 Å². The molecule has 0 radical (unpaired) electrons. The first kappa shape index (κ1) is 16.4. The van der Waals surface area contributed by atoms with E-state index in [4.69, 9.17) is 4.98 Å². The summed E-state index contributed by atoms with van der Waals surface area (Å²) in [7, 11) is 1.80. The summed E-state index contributed by atoms with van der Waals surface area (Å²) < 4.78 is 2.85. The van der Waals surface area contributed by atoms with Crippen LogP contribution in [0.3, 0.4) is 0 Å². The molecule has 0 atom stereocenters. The molecule has 0 unspecified atom stereocenters. The van der Waals surface area contributed by atoms with Crippen molar-refractivity contribution in [2.45, 2.75) is 4.90 Å². The highest BCUT2D eigenvalue weighted by molar-refractivity contribution is 7.98. The lowest BCUT2D eigenvalue weighted by Gasteiger charge is -2.34. The molecule has 4 rings (SSSR count). The molecule has 2 aromatic heterocycles. The predicted molar refractivity (Wildman–Crippen MR) is 103 cm³/mol. The van der Waals surface area contributed by atoms with Gasteiger partial charge in [-0.05, 0) is 24.5 Å². The van der Waals surface area contributed by atoms with Crippen molar-refractivity contribution in [1.29, 1.82) is 0 Å². The van der Waals surface area contributed by atoms with Crippen LogP contribution in [-0.2, 0) is 7.05 Å². The number of fused-ring (bicyclic) bond motifs is 1. The van der Waals surface area contributed by atoms with E-state index in [1.807, 2.05) is 4.90 Å². The lowest BCUT2D eigenvalue weighted by atomic mass is 10.3. The van der Waals surface area contributed by atoms with Crippen LogP contribution >= 0.6 is 23.1 Å². The van der Waals surface area contributed by atoms with Crippen LogP contribution in [0.15, 0.2) is 35.4 Å². The largest absolute Gasteiger partial charge is 0.345 e. The number of aryl methyl sites for hydroxylation is 1. The molecule has 1 saturated heterocycles. The van der Waals surface area contributed by atoms with Gasteiger partial charge in [0.25, 0.3) is 5.91 Å². The Morgan fingerprint density at radius 2 is 2.00 bits per heavy atom. The highest BCUT2D eigenvalue weighted by atomic mass is 32.2. The molecule has 130 valence electrons. The van der Waals surface area contributed by atoms with Crippen LogP contribution in [0.4, 0.5) is 5.13 Å². The minimum absolute atomic E-state index is 0.0496. The van der Waals surface area contributed by atoms with Gasteiger partial charge in [-0.15, -0.1) is 11.8 Å². The zero-order chi connectivity index (χ0) is 17.4. The van der Waals surface area contributed by atoms with Crippen LogP contribution in [0.5, 0.6) is 0 Å². The second kappa shape index (κ2) is 6.68. The lowest BCUT2D eigenvalue weighted by Crippen LogP contribution is -2.49. The minimum Gasteiger partial charge on any atom is -0.345 e. The van der Waals surface area contributed by atoms with Gasteiger partial charge in [-0.25, -0.2) is 4.98 Å². The standard InChI is InChI=1S/C17H19N5OS2/c1-20-12(6-7-18-20)16(23)21-8-10-22(11-9-21)17-19-15-13(24-2)4-3-5-14(15)25-17/h3-7H,8-11H2,1-2H3. The summed E-state index contributed by atoms with van der Waals surface area (Å²) in [6.07, 6.45) is 3.74. The SMILES string of the molecule is CSc1cccc2sc(N3CCN(C(=O)c4ccnn4C)CC3)nc12. The van der Waals surface area contributed by atoms with Crippen LogP contribution in [-0.4, -0.2) is 58.0 Å². The number of carbonyl (C=O) groups excluding carboxylic acids is 1. The van der Waals surface area contributed by atoms with E-state index in [1.165, 1.54) is 9.60 Å². The summed E-state index contributed by atoms with van der Waals surface area (Å²) in [5, 5.41) is 5.13. The molecule has 1 fully saturated rings. The predicted octanol–water partition coefficient (Wildman–Crippen LogP) is 2.71. The number of amides is 1. The van der Waals surface area contributed by atoms with Crippen LogP contribution in [0, 0.1) is 0 Å². The van der Waals surface area contributed by atoms with Crippen molar-refractivity contribution in [2.75, 3.05) is 37.3 Å². The fraction of sp³-hybridized carbons (Fsp3) is 0.353. The molecule has 8 heteroatoms. The van der Waals surface area contributed by atoms with Crippen molar-refractivity contribution in [3.05, 3.63) is 36.2 Å². The molecule has 0 saturated carbocycles. The van der Waals surface area contributed by atoms with Crippen LogP contribution in [0.2, 0.25) is 0 Å². The number of rotatable bonds is 3. The van der Waals surface area contributed by atoms with Crippen LogP contribution in [0.1, 0.15) is 10.5 Å². The van der Waals surface area contributed by atoms with Gasteiger partial charge < -0.3 is 9.80 Å². The van der Waals surface area contributed by atoms with E-state index in [1.54, 1.807) is 47.1 Å². The Balaban J connectivity index is 1.49. The smallest absolute Gasteiger partial charge is 0.272 e. The molecule has 25 heavy (non-hydrogen) atoms. The Morgan fingerprint density at radius 3 is 2.68 bits per heavy atom.